The summed E-state index contributed by atoms with van der Waals surface area (Å²) >= 11 is 3.49. The molecule has 5 rings (SSSR count). The number of nitrogens with zero attached hydrogens (tertiary/aromatic N) is 3. The molecule has 1 amide bonds. The number of nitrogens with one attached hydrogen (secondary N) is 4. The molecule has 0 radical (unpaired) electrons. The number of aromatic nitrogens is 4. The largest absolute Gasteiger partial charge is 0.493 e. The van der Waals surface area contributed by atoms with Crippen molar-refractivity contribution in [3.63, 3.8) is 0 Å². The molecule has 1 aliphatic rings. The van der Waals surface area contributed by atoms with Crippen molar-refractivity contribution in [2.75, 3.05) is 44.0 Å². The summed E-state index contributed by atoms with van der Waals surface area (Å²) in [5.74, 6) is 0.690. The van der Waals surface area contributed by atoms with Gasteiger partial charge in [-0.05, 0) is 69.1 Å². The molecule has 11 heteroatoms. The molecule has 200 valence electrons. The number of hydrogen-bond donors (Lipinski definition) is 4. The predicted molar refractivity (Wildman–Crippen MR) is 151 cm³/mol. The number of ether oxygens (including phenoxy) is 2. The standard InChI is InChI=1S/C27H32BrN7O3/c1-17-6-7-18(28)14-21(17)31-26(37-2)24-23(29-16-30-24)25(36)34-27-32-20-9-8-19(15-22(20)33-27)38-13-5-12-35-10-3-4-11-35/h6-9,14-16,26,31H,3-5,10-13H2,1-2H3,(H,29,30)(H2,32,33,34,36). The van der Waals surface area contributed by atoms with Gasteiger partial charge in [0.2, 0.25) is 5.95 Å². The third kappa shape index (κ3) is 6.17. The average Bonchev–Trinajstić information content (AvgIpc) is 3.67. The van der Waals surface area contributed by atoms with Crippen molar-refractivity contribution < 1.29 is 14.3 Å². The van der Waals surface area contributed by atoms with Crippen molar-refractivity contribution in [3.8, 4) is 5.75 Å². The van der Waals surface area contributed by atoms with Crippen molar-refractivity contribution in [2.24, 2.45) is 0 Å². The van der Waals surface area contributed by atoms with Gasteiger partial charge in [0, 0.05) is 29.9 Å². The van der Waals surface area contributed by atoms with E-state index in [4.69, 9.17) is 9.47 Å². The number of hydrogen-bond acceptors (Lipinski definition) is 7. The summed E-state index contributed by atoms with van der Waals surface area (Å²) in [4.78, 5) is 30.6. The Hall–Kier alpha value is -3.41. The number of benzene rings is 2. The van der Waals surface area contributed by atoms with Crippen molar-refractivity contribution in [2.45, 2.75) is 32.4 Å². The normalized spacial score (nSPS) is 14.6. The van der Waals surface area contributed by atoms with Crippen LogP contribution in [-0.2, 0) is 4.74 Å². The zero-order chi connectivity index (χ0) is 26.5. The van der Waals surface area contributed by atoms with Crippen LogP contribution in [0.5, 0.6) is 5.75 Å². The molecule has 0 saturated carbocycles. The highest BCUT2D eigenvalue weighted by molar-refractivity contribution is 9.10. The van der Waals surface area contributed by atoms with Gasteiger partial charge in [-0.25, -0.2) is 9.97 Å². The number of carbonyl (C=O) groups is 1. The van der Waals surface area contributed by atoms with Crippen molar-refractivity contribution >= 4 is 44.5 Å². The van der Waals surface area contributed by atoms with Crippen LogP contribution in [0, 0.1) is 6.92 Å². The van der Waals surface area contributed by atoms with Crippen LogP contribution in [-0.4, -0.2) is 64.1 Å². The number of amides is 1. The van der Waals surface area contributed by atoms with E-state index in [2.05, 4.69) is 51.4 Å². The Labute approximate surface area is 229 Å². The molecule has 1 atom stereocenters. The minimum absolute atomic E-state index is 0.208. The van der Waals surface area contributed by atoms with Crippen LogP contribution >= 0.6 is 15.9 Å². The van der Waals surface area contributed by atoms with Crippen molar-refractivity contribution in [1.29, 1.82) is 0 Å². The smallest absolute Gasteiger partial charge is 0.278 e. The van der Waals surface area contributed by atoms with Gasteiger partial charge < -0.3 is 29.7 Å². The molecule has 1 saturated heterocycles. The zero-order valence-corrected chi connectivity index (χ0v) is 23.1. The van der Waals surface area contributed by atoms with Crippen LogP contribution in [0.1, 0.15) is 47.2 Å². The van der Waals surface area contributed by atoms with Gasteiger partial charge in [-0.15, -0.1) is 0 Å². The van der Waals surface area contributed by atoms with Crippen molar-refractivity contribution in [3.05, 3.63) is 64.1 Å². The van der Waals surface area contributed by atoms with Gasteiger partial charge in [-0.3, -0.25) is 10.1 Å². The van der Waals surface area contributed by atoms with Gasteiger partial charge in [0.05, 0.1) is 29.7 Å². The molecule has 1 fully saturated rings. The number of likely N-dealkylation sites (tertiary alicyclic amines) is 1. The topological polar surface area (TPSA) is 120 Å². The molecule has 0 spiro atoms. The third-order valence-corrected chi connectivity index (χ3v) is 7.13. The molecule has 2 aromatic heterocycles. The molecule has 3 heterocycles. The second-order valence-corrected chi connectivity index (χ2v) is 10.3. The molecule has 1 aliphatic heterocycles. The summed E-state index contributed by atoms with van der Waals surface area (Å²) in [6, 6.07) is 11.6. The minimum atomic E-state index is -0.618. The van der Waals surface area contributed by atoms with Crippen molar-refractivity contribution in [1.82, 2.24) is 24.8 Å². The van der Waals surface area contributed by atoms with Gasteiger partial charge in [-0.2, -0.15) is 0 Å². The molecule has 0 bridgehead atoms. The van der Waals surface area contributed by atoms with E-state index in [0.29, 0.717) is 18.2 Å². The highest BCUT2D eigenvalue weighted by atomic mass is 79.9. The number of fused-ring (bicyclic) bond motifs is 1. The minimum Gasteiger partial charge on any atom is -0.493 e. The second kappa shape index (κ2) is 12.0. The Morgan fingerprint density at radius 2 is 2.05 bits per heavy atom. The first-order valence-electron chi connectivity index (χ1n) is 12.7. The lowest BCUT2D eigenvalue weighted by Crippen LogP contribution is -2.21. The second-order valence-electron chi connectivity index (χ2n) is 9.35. The summed E-state index contributed by atoms with van der Waals surface area (Å²) < 4.78 is 12.5. The summed E-state index contributed by atoms with van der Waals surface area (Å²) in [5, 5.41) is 6.14. The van der Waals surface area contributed by atoms with Crippen LogP contribution in [0.3, 0.4) is 0 Å². The molecule has 0 aliphatic carbocycles. The van der Waals surface area contributed by atoms with E-state index < -0.39 is 12.1 Å². The number of aromatic amines is 2. The quantitative estimate of drug-likeness (QED) is 0.141. The average molecular weight is 583 g/mol. The van der Waals surface area contributed by atoms with Crippen LogP contribution in [0.15, 0.2) is 47.2 Å². The first-order valence-corrected chi connectivity index (χ1v) is 13.5. The predicted octanol–water partition coefficient (Wildman–Crippen LogP) is 5.23. The van der Waals surface area contributed by atoms with Gasteiger partial charge >= 0.3 is 0 Å². The Morgan fingerprint density at radius 1 is 1.21 bits per heavy atom. The number of anilines is 2. The van der Waals surface area contributed by atoms with E-state index in [9.17, 15) is 4.79 Å². The lowest BCUT2D eigenvalue weighted by atomic mass is 10.2. The number of imidazole rings is 2. The number of methoxy groups -OCH3 is 1. The van der Waals surface area contributed by atoms with Gasteiger partial charge in [0.15, 0.2) is 11.9 Å². The summed E-state index contributed by atoms with van der Waals surface area (Å²) in [6.07, 6.45) is 4.44. The Balaban J connectivity index is 1.23. The fourth-order valence-corrected chi connectivity index (χ4v) is 4.97. The first-order chi connectivity index (χ1) is 18.5. The molecule has 2 aromatic carbocycles. The summed E-state index contributed by atoms with van der Waals surface area (Å²) in [7, 11) is 1.57. The number of carbonyl (C=O) groups excluding carboxylic acids is 1. The van der Waals surface area contributed by atoms with Crippen LogP contribution in [0.25, 0.3) is 11.0 Å². The fourth-order valence-electron chi connectivity index (χ4n) is 4.61. The Bertz CT molecular complexity index is 1400. The third-order valence-electron chi connectivity index (χ3n) is 6.64. The van der Waals surface area contributed by atoms with E-state index in [1.54, 1.807) is 7.11 Å². The first kappa shape index (κ1) is 26.2. The SMILES string of the molecule is COC(Nc1cc(Br)ccc1C)c1[nH]cnc1C(=O)Nc1nc2ccc(OCCCN3CCCC3)cc2[nH]1. The number of halogens is 1. The Morgan fingerprint density at radius 3 is 2.87 bits per heavy atom. The molecular formula is C27H32BrN7O3. The lowest BCUT2D eigenvalue weighted by Gasteiger charge is -2.19. The lowest BCUT2D eigenvalue weighted by molar-refractivity contribution is 0.0996. The Kier molecular flexibility index (Phi) is 8.26. The number of aryl methyl sites for hydroxylation is 1. The molecular weight excluding hydrogens is 550 g/mol. The molecule has 4 aromatic rings. The maximum absolute atomic E-state index is 13.1. The van der Waals surface area contributed by atoms with E-state index in [-0.39, 0.29) is 5.69 Å². The molecule has 10 nitrogen and oxygen atoms in total. The van der Waals surface area contributed by atoms with Gasteiger partial charge in [0.25, 0.3) is 5.91 Å². The van der Waals surface area contributed by atoms with E-state index >= 15 is 0 Å². The number of rotatable bonds is 11. The monoisotopic (exact) mass is 581 g/mol. The van der Waals surface area contributed by atoms with E-state index in [0.717, 1.165) is 45.5 Å². The summed E-state index contributed by atoms with van der Waals surface area (Å²) in [5.41, 5.74) is 4.13. The molecule has 1 unspecified atom stereocenters. The van der Waals surface area contributed by atoms with Crippen LogP contribution in [0.4, 0.5) is 11.6 Å². The van der Waals surface area contributed by atoms with Crippen LogP contribution in [0.2, 0.25) is 0 Å². The molecule has 4 N–H and O–H groups in total. The fraction of sp³-hybridized carbons (Fsp3) is 0.370. The van der Waals surface area contributed by atoms with Crippen LogP contribution < -0.4 is 15.4 Å². The van der Waals surface area contributed by atoms with Gasteiger partial charge in [0.1, 0.15) is 5.75 Å². The maximum Gasteiger partial charge on any atom is 0.278 e. The summed E-state index contributed by atoms with van der Waals surface area (Å²) in [6.45, 7) is 6.12. The van der Waals surface area contributed by atoms with E-state index in [1.807, 2.05) is 43.3 Å². The molecule has 38 heavy (non-hydrogen) atoms. The highest BCUT2D eigenvalue weighted by Crippen LogP contribution is 2.27. The van der Waals surface area contributed by atoms with Gasteiger partial charge in [-0.1, -0.05) is 22.0 Å². The van der Waals surface area contributed by atoms with E-state index in [1.165, 1.54) is 32.3 Å². The maximum atomic E-state index is 13.1. The number of H-pyrrole nitrogens is 2. The zero-order valence-electron chi connectivity index (χ0n) is 21.5. The highest BCUT2D eigenvalue weighted by Gasteiger charge is 2.23.